The number of hydrogen-bond acceptors (Lipinski definition) is 5. The molecule has 1 atom stereocenters. The quantitative estimate of drug-likeness (QED) is 0.737. The molecule has 0 bridgehead atoms. The Kier molecular flexibility index (Phi) is 6.01. The topological polar surface area (TPSA) is 64.6 Å². The van der Waals surface area contributed by atoms with E-state index in [1.807, 2.05) is 0 Å². The predicted octanol–water partition coefficient (Wildman–Crippen LogP) is 4.47. The van der Waals surface area contributed by atoms with Crippen molar-refractivity contribution in [1.29, 1.82) is 0 Å². The van der Waals surface area contributed by atoms with Gasteiger partial charge in [-0.1, -0.05) is 18.5 Å². The molecule has 0 fully saturated rings. The largest absolute Gasteiger partial charge is 0.482 e. The van der Waals surface area contributed by atoms with Crippen molar-refractivity contribution in [3.05, 3.63) is 45.0 Å². The second kappa shape index (κ2) is 8.27. The third-order valence-corrected chi connectivity index (χ3v) is 5.87. The van der Waals surface area contributed by atoms with Crippen LogP contribution in [0.1, 0.15) is 34.1 Å². The molecule has 1 N–H and O–H groups in total. The number of hydrogen-bond donors (Lipinski definition) is 1. The lowest BCUT2D eigenvalue weighted by Gasteiger charge is -2.18. The van der Waals surface area contributed by atoms with Crippen molar-refractivity contribution in [2.24, 2.45) is 5.92 Å². The number of halogens is 2. The molecule has 0 aliphatic heterocycles. The number of nitrogens with one attached hydrogen (secondary N) is 1. The summed E-state index contributed by atoms with van der Waals surface area (Å²) in [4.78, 5) is 25.6. The number of carbonyl (C=O) groups excluding carboxylic acids is 2. The Bertz CT molecular complexity index is 883. The minimum absolute atomic E-state index is 0.0821. The van der Waals surface area contributed by atoms with Crippen LogP contribution >= 0.6 is 22.9 Å². The third kappa shape index (κ3) is 4.42. The van der Waals surface area contributed by atoms with E-state index in [2.05, 4.69) is 12.2 Å². The summed E-state index contributed by atoms with van der Waals surface area (Å²) in [5.74, 6) is -0.639. The minimum atomic E-state index is -0.488. The Hall–Kier alpha value is -2.12. The average Bonchev–Trinajstić information content (AvgIpc) is 2.97. The third-order valence-electron chi connectivity index (χ3n) is 4.41. The summed E-state index contributed by atoms with van der Waals surface area (Å²) in [6.45, 7) is 1.85. The summed E-state index contributed by atoms with van der Waals surface area (Å²) < 4.78 is 23.3. The molecule has 1 aliphatic carbocycles. The van der Waals surface area contributed by atoms with Crippen LogP contribution in [0.5, 0.6) is 5.75 Å². The highest BCUT2D eigenvalue weighted by atomic mass is 35.5. The molecule has 1 aliphatic rings. The Balaban J connectivity index is 1.74. The van der Waals surface area contributed by atoms with Gasteiger partial charge in [0.25, 0.3) is 5.91 Å². The number of anilines is 1. The van der Waals surface area contributed by atoms with Crippen molar-refractivity contribution < 1.29 is 23.5 Å². The molecule has 1 amide bonds. The zero-order valence-electron chi connectivity index (χ0n) is 14.9. The highest BCUT2D eigenvalue weighted by Gasteiger charge is 2.28. The van der Waals surface area contributed by atoms with Gasteiger partial charge in [-0.3, -0.25) is 4.79 Å². The van der Waals surface area contributed by atoms with Gasteiger partial charge in [-0.2, -0.15) is 0 Å². The second-order valence-electron chi connectivity index (χ2n) is 6.46. The van der Waals surface area contributed by atoms with Crippen LogP contribution in [0.15, 0.2) is 18.2 Å². The summed E-state index contributed by atoms with van der Waals surface area (Å²) in [6.07, 6.45) is 2.66. The van der Waals surface area contributed by atoms with Crippen LogP contribution in [-0.4, -0.2) is 25.6 Å². The maximum atomic E-state index is 13.1. The fraction of sp³-hybridized carbons (Fsp3) is 0.368. The van der Waals surface area contributed by atoms with Crippen LogP contribution in [0.2, 0.25) is 5.02 Å². The first-order chi connectivity index (χ1) is 12.9. The second-order valence-corrected chi connectivity index (χ2v) is 7.97. The van der Waals surface area contributed by atoms with Gasteiger partial charge in [0.15, 0.2) is 6.61 Å². The Morgan fingerprint density at radius 2 is 2.19 bits per heavy atom. The average molecular weight is 412 g/mol. The van der Waals surface area contributed by atoms with Crippen molar-refractivity contribution in [1.82, 2.24) is 0 Å². The summed E-state index contributed by atoms with van der Waals surface area (Å²) in [5.41, 5.74) is 1.39. The lowest BCUT2D eigenvalue weighted by molar-refractivity contribution is -0.118. The number of methoxy groups -OCH3 is 1. The summed E-state index contributed by atoms with van der Waals surface area (Å²) in [5, 5.41) is 3.29. The van der Waals surface area contributed by atoms with Gasteiger partial charge < -0.3 is 14.8 Å². The first kappa shape index (κ1) is 19.6. The number of fused-ring (bicyclic) bond motifs is 1. The number of amides is 1. The van der Waals surface area contributed by atoms with Gasteiger partial charge in [0, 0.05) is 4.88 Å². The van der Waals surface area contributed by atoms with Gasteiger partial charge >= 0.3 is 5.97 Å². The van der Waals surface area contributed by atoms with Gasteiger partial charge in [-0.15, -0.1) is 11.3 Å². The highest BCUT2D eigenvalue weighted by Crippen LogP contribution is 2.40. The lowest BCUT2D eigenvalue weighted by Crippen LogP contribution is -2.21. The fourth-order valence-corrected chi connectivity index (χ4v) is 4.69. The summed E-state index contributed by atoms with van der Waals surface area (Å²) >= 11 is 7.29. The lowest BCUT2D eigenvalue weighted by atomic mass is 9.88. The Morgan fingerprint density at radius 3 is 2.89 bits per heavy atom. The van der Waals surface area contributed by atoms with E-state index in [0.717, 1.165) is 35.8 Å². The van der Waals surface area contributed by atoms with Crippen LogP contribution < -0.4 is 10.1 Å². The molecule has 1 heterocycles. The molecular formula is C19H19ClFNO4S. The normalized spacial score (nSPS) is 15.8. The molecule has 27 heavy (non-hydrogen) atoms. The first-order valence-electron chi connectivity index (χ1n) is 8.49. The molecule has 5 nitrogen and oxygen atoms in total. The number of carbonyl (C=O) groups is 2. The molecule has 1 aromatic carbocycles. The standard InChI is InChI=1S/C19H19ClFNO4S/c1-10-3-5-12-15(7-10)27-18(17(12)19(24)25-2)22-16(23)9-26-14-6-4-11(21)8-13(14)20/h4,6,8,10H,3,5,7,9H2,1-2H3,(H,22,23)/t10-/m1/s1. The van der Waals surface area contributed by atoms with Crippen LogP contribution in [0.4, 0.5) is 9.39 Å². The van der Waals surface area contributed by atoms with E-state index in [4.69, 9.17) is 21.1 Å². The molecule has 0 spiro atoms. The van der Waals surface area contributed by atoms with E-state index < -0.39 is 17.7 Å². The zero-order valence-corrected chi connectivity index (χ0v) is 16.5. The molecule has 1 aromatic heterocycles. The Morgan fingerprint density at radius 1 is 1.41 bits per heavy atom. The van der Waals surface area contributed by atoms with Gasteiger partial charge in [0.1, 0.15) is 16.6 Å². The van der Waals surface area contributed by atoms with Crippen molar-refractivity contribution in [2.75, 3.05) is 19.0 Å². The van der Waals surface area contributed by atoms with Crippen molar-refractivity contribution >= 4 is 39.8 Å². The van der Waals surface area contributed by atoms with Crippen LogP contribution in [0.3, 0.4) is 0 Å². The predicted molar refractivity (Wildman–Crippen MR) is 102 cm³/mol. The Labute approximate surface area is 165 Å². The minimum Gasteiger partial charge on any atom is -0.482 e. The molecule has 144 valence electrons. The van der Waals surface area contributed by atoms with Crippen molar-refractivity contribution in [2.45, 2.75) is 26.2 Å². The molecule has 0 radical (unpaired) electrons. The van der Waals surface area contributed by atoms with Gasteiger partial charge in [-0.05, 0) is 48.9 Å². The summed E-state index contributed by atoms with van der Waals surface area (Å²) in [6, 6.07) is 3.66. The SMILES string of the molecule is COC(=O)c1c(NC(=O)COc2ccc(F)cc2Cl)sc2c1CC[C@@H](C)C2. The zero-order chi connectivity index (χ0) is 19.6. The number of rotatable bonds is 5. The van der Waals surface area contributed by atoms with E-state index in [1.165, 1.54) is 30.6 Å². The van der Waals surface area contributed by atoms with Gasteiger partial charge in [0.05, 0.1) is 17.7 Å². The molecule has 0 saturated heterocycles. The maximum Gasteiger partial charge on any atom is 0.341 e. The van der Waals surface area contributed by atoms with Crippen LogP contribution in [-0.2, 0) is 22.4 Å². The fourth-order valence-electron chi connectivity index (χ4n) is 3.06. The molecular weight excluding hydrogens is 393 g/mol. The molecule has 2 aromatic rings. The van der Waals surface area contributed by atoms with E-state index in [0.29, 0.717) is 16.5 Å². The number of thiophene rings is 1. The van der Waals surface area contributed by atoms with Crippen molar-refractivity contribution in [3.63, 3.8) is 0 Å². The van der Waals surface area contributed by atoms with Crippen LogP contribution in [0.25, 0.3) is 0 Å². The summed E-state index contributed by atoms with van der Waals surface area (Å²) in [7, 11) is 1.32. The maximum absolute atomic E-state index is 13.1. The number of benzene rings is 1. The molecule has 8 heteroatoms. The monoisotopic (exact) mass is 411 g/mol. The highest BCUT2D eigenvalue weighted by molar-refractivity contribution is 7.17. The van der Waals surface area contributed by atoms with E-state index in [9.17, 15) is 14.0 Å². The van der Waals surface area contributed by atoms with E-state index in [1.54, 1.807) is 0 Å². The van der Waals surface area contributed by atoms with Gasteiger partial charge in [-0.25, -0.2) is 9.18 Å². The molecule has 0 saturated carbocycles. The van der Waals surface area contributed by atoms with Crippen molar-refractivity contribution in [3.8, 4) is 5.75 Å². The number of esters is 1. The van der Waals surface area contributed by atoms with Gasteiger partial charge in [0.2, 0.25) is 0 Å². The smallest absolute Gasteiger partial charge is 0.341 e. The first-order valence-corrected chi connectivity index (χ1v) is 9.69. The number of ether oxygens (including phenoxy) is 2. The van der Waals surface area contributed by atoms with E-state index in [-0.39, 0.29) is 17.4 Å². The molecule has 0 unspecified atom stereocenters. The molecule has 3 rings (SSSR count). The van der Waals surface area contributed by atoms with E-state index >= 15 is 0 Å². The van der Waals surface area contributed by atoms with Crippen LogP contribution in [0, 0.1) is 11.7 Å².